The van der Waals surface area contributed by atoms with Crippen molar-refractivity contribution in [1.29, 1.82) is 0 Å². The molecule has 8 nitrogen and oxygen atoms in total. The first kappa shape index (κ1) is 24.6. The Bertz CT molecular complexity index is 1380. The van der Waals surface area contributed by atoms with Crippen LogP contribution >= 0.6 is 0 Å². The van der Waals surface area contributed by atoms with E-state index in [1.54, 1.807) is 73.8 Å². The zero-order chi connectivity index (χ0) is 24.9. The Morgan fingerprint density at radius 3 is 2.26 bits per heavy atom. The highest BCUT2D eigenvalue weighted by Crippen LogP contribution is 2.28. The van der Waals surface area contributed by atoms with Crippen LogP contribution in [0.15, 0.2) is 88.6 Å². The van der Waals surface area contributed by atoms with Gasteiger partial charge in [-0.25, -0.2) is 17.9 Å². The van der Waals surface area contributed by atoms with E-state index in [-0.39, 0.29) is 16.3 Å². The van der Waals surface area contributed by atoms with Gasteiger partial charge in [-0.2, -0.15) is 5.10 Å². The third-order valence-electron chi connectivity index (χ3n) is 5.00. The second-order valence-electron chi connectivity index (χ2n) is 7.31. The van der Waals surface area contributed by atoms with E-state index in [0.717, 1.165) is 0 Å². The van der Waals surface area contributed by atoms with Gasteiger partial charge in [0, 0.05) is 23.9 Å². The molecule has 0 aliphatic heterocycles. The fourth-order valence-electron chi connectivity index (χ4n) is 3.27. The van der Waals surface area contributed by atoms with Gasteiger partial charge in [0.25, 0.3) is 5.91 Å². The van der Waals surface area contributed by atoms with Crippen LogP contribution in [0.4, 0.5) is 10.1 Å². The SMILES string of the molecule is CNN=C(N)c1cccc(/C(C)=C(/F)C(=O)Nc2ccc(-c3ccccc3S(N)(=O)=O)cc2)c1. The number of allylic oxidation sites excluding steroid dienone is 1. The lowest BCUT2D eigenvalue weighted by molar-refractivity contribution is -0.114. The molecular weight excluding hydrogens is 457 g/mol. The molecule has 3 aromatic carbocycles. The summed E-state index contributed by atoms with van der Waals surface area (Å²) in [6.45, 7) is 1.49. The summed E-state index contributed by atoms with van der Waals surface area (Å²) in [6.07, 6.45) is 0. The Morgan fingerprint density at radius 2 is 1.62 bits per heavy atom. The molecule has 0 bridgehead atoms. The van der Waals surface area contributed by atoms with E-state index in [2.05, 4.69) is 15.8 Å². The van der Waals surface area contributed by atoms with Gasteiger partial charge in [-0.15, -0.1) is 0 Å². The van der Waals surface area contributed by atoms with Gasteiger partial charge in [-0.05, 0) is 47.9 Å². The van der Waals surface area contributed by atoms with Gasteiger partial charge in [0.1, 0.15) is 0 Å². The van der Waals surface area contributed by atoms with Crippen molar-refractivity contribution in [2.45, 2.75) is 11.8 Å². The van der Waals surface area contributed by atoms with Crippen LogP contribution in [0.25, 0.3) is 16.7 Å². The summed E-state index contributed by atoms with van der Waals surface area (Å²) in [5, 5.41) is 11.7. The number of carbonyl (C=O) groups is 1. The predicted molar refractivity (Wildman–Crippen MR) is 132 cm³/mol. The lowest BCUT2D eigenvalue weighted by Crippen LogP contribution is -2.17. The van der Waals surface area contributed by atoms with Crippen molar-refractivity contribution in [1.82, 2.24) is 5.43 Å². The van der Waals surface area contributed by atoms with E-state index in [9.17, 15) is 17.6 Å². The molecule has 6 N–H and O–H groups in total. The molecule has 0 atom stereocenters. The average molecular weight is 482 g/mol. The van der Waals surface area contributed by atoms with Crippen molar-refractivity contribution in [3.05, 3.63) is 89.8 Å². The first-order chi connectivity index (χ1) is 16.1. The van der Waals surface area contributed by atoms with Crippen molar-refractivity contribution in [2.75, 3.05) is 12.4 Å². The smallest absolute Gasteiger partial charge is 0.284 e. The zero-order valence-corrected chi connectivity index (χ0v) is 19.4. The molecule has 0 fully saturated rings. The summed E-state index contributed by atoms with van der Waals surface area (Å²) in [5.41, 5.74) is 11.0. The number of hydrazone groups is 1. The molecule has 0 heterocycles. The largest absolute Gasteiger partial charge is 0.382 e. The maximum absolute atomic E-state index is 14.9. The van der Waals surface area contributed by atoms with Crippen LogP contribution < -0.4 is 21.6 Å². The average Bonchev–Trinajstić information content (AvgIpc) is 2.83. The Labute approximate surface area is 197 Å². The number of anilines is 1. The highest BCUT2D eigenvalue weighted by Gasteiger charge is 2.17. The van der Waals surface area contributed by atoms with E-state index < -0.39 is 21.8 Å². The monoisotopic (exact) mass is 481 g/mol. The topological polar surface area (TPSA) is 140 Å². The Hall–Kier alpha value is -4.02. The molecule has 34 heavy (non-hydrogen) atoms. The standard InChI is InChI=1S/C24H24FN5O3S/c1-15(17-6-5-7-18(14-17)23(26)30-28-2)22(25)24(31)29-19-12-10-16(11-13-19)20-8-3-4-9-21(20)34(27,32)33/h3-14,28H,1-2H3,(H2,26,30)(H,29,31)(H2,27,32,33)/b22-15+. The number of rotatable bonds is 7. The van der Waals surface area contributed by atoms with Gasteiger partial charge < -0.3 is 16.5 Å². The summed E-state index contributed by atoms with van der Waals surface area (Å²) in [6, 6.07) is 19.3. The van der Waals surface area contributed by atoms with Gasteiger partial charge in [-0.3, -0.25) is 4.79 Å². The van der Waals surface area contributed by atoms with Crippen molar-refractivity contribution in [2.24, 2.45) is 16.0 Å². The first-order valence-electron chi connectivity index (χ1n) is 10.1. The van der Waals surface area contributed by atoms with Crippen molar-refractivity contribution >= 4 is 33.0 Å². The maximum atomic E-state index is 14.9. The number of nitrogens with zero attached hydrogens (tertiary/aromatic N) is 1. The number of amidine groups is 1. The number of nitrogens with one attached hydrogen (secondary N) is 2. The van der Waals surface area contributed by atoms with Gasteiger partial charge in [0.15, 0.2) is 11.7 Å². The number of halogens is 1. The highest BCUT2D eigenvalue weighted by molar-refractivity contribution is 7.89. The van der Waals surface area contributed by atoms with Crippen molar-refractivity contribution in [3.63, 3.8) is 0 Å². The second-order valence-corrected chi connectivity index (χ2v) is 8.84. The Kier molecular flexibility index (Phi) is 7.44. The van der Waals surface area contributed by atoms with Crippen LogP contribution in [-0.2, 0) is 14.8 Å². The van der Waals surface area contributed by atoms with E-state index in [1.165, 1.54) is 13.0 Å². The van der Waals surface area contributed by atoms with Crippen molar-refractivity contribution in [3.8, 4) is 11.1 Å². The fourth-order valence-corrected chi connectivity index (χ4v) is 4.03. The summed E-state index contributed by atoms with van der Waals surface area (Å²) >= 11 is 0. The molecule has 0 spiro atoms. The third kappa shape index (κ3) is 5.66. The second kappa shape index (κ2) is 10.3. The lowest BCUT2D eigenvalue weighted by atomic mass is 10.0. The Balaban J connectivity index is 1.82. The summed E-state index contributed by atoms with van der Waals surface area (Å²) in [7, 11) is -2.31. The molecule has 0 saturated heterocycles. The number of hydrogen-bond acceptors (Lipinski definition) is 5. The maximum Gasteiger partial charge on any atom is 0.284 e. The van der Waals surface area contributed by atoms with Crippen LogP contribution in [0.1, 0.15) is 18.1 Å². The van der Waals surface area contributed by atoms with Crippen molar-refractivity contribution < 1.29 is 17.6 Å². The molecule has 0 aliphatic carbocycles. The van der Waals surface area contributed by atoms with Crippen LogP contribution in [0.2, 0.25) is 0 Å². The van der Waals surface area contributed by atoms with Gasteiger partial charge >= 0.3 is 0 Å². The normalized spacial score (nSPS) is 12.6. The molecule has 0 aromatic heterocycles. The summed E-state index contributed by atoms with van der Waals surface area (Å²) in [5.74, 6) is -1.64. The minimum atomic E-state index is -3.91. The molecule has 1 amide bonds. The number of primary sulfonamides is 1. The van der Waals surface area contributed by atoms with Gasteiger partial charge in [0.2, 0.25) is 10.0 Å². The molecule has 10 heteroatoms. The fraction of sp³-hybridized carbons (Fsp3) is 0.0833. The highest BCUT2D eigenvalue weighted by atomic mass is 32.2. The number of benzene rings is 3. The molecular formula is C24H24FN5O3S. The molecule has 0 saturated carbocycles. The molecule has 0 radical (unpaired) electrons. The minimum absolute atomic E-state index is 0.0148. The molecule has 0 unspecified atom stereocenters. The number of sulfonamides is 1. The number of nitrogens with two attached hydrogens (primary N) is 2. The van der Waals surface area contributed by atoms with Crippen LogP contribution in [0, 0.1) is 0 Å². The van der Waals surface area contributed by atoms with Crippen LogP contribution in [0.5, 0.6) is 0 Å². The zero-order valence-electron chi connectivity index (χ0n) is 18.5. The van der Waals surface area contributed by atoms with E-state index in [4.69, 9.17) is 10.9 Å². The van der Waals surface area contributed by atoms with Crippen LogP contribution in [-0.4, -0.2) is 27.2 Å². The summed E-state index contributed by atoms with van der Waals surface area (Å²) in [4.78, 5) is 12.5. The number of amides is 1. The van der Waals surface area contributed by atoms with E-state index in [1.807, 2.05) is 0 Å². The number of carbonyl (C=O) groups excluding carboxylic acids is 1. The molecule has 3 rings (SSSR count). The van der Waals surface area contributed by atoms with E-state index in [0.29, 0.717) is 27.9 Å². The summed E-state index contributed by atoms with van der Waals surface area (Å²) < 4.78 is 38.6. The molecule has 176 valence electrons. The van der Waals surface area contributed by atoms with Gasteiger partial charge in [0.05, 0.1) is 4.90 Å². The minimum Gasteiger partial charge on any atom is -0.382 e. The number of hydrogen-bond donors (Lipinski definition) is 4. The quantitative estimate of drug-likeness (QED) is 0.178. The molecule has 0 aliphatic rings. The van der Waals surface area contributed by atoms with Crippen LogP contribution in [0.3, 0.4) is 0 Å². The lowest BCUT2D eigenvalue weighted by Gasteiger charge is -2.10. The predicted octanol–water partition coefficient (Wildman–Crippen LogP) is 3.18. The third-order valence-corrected chi connectivity index (χ3v) is 5.97. The first-order valence-corrected chi connectivity index (χ1v) is 11.7. The molecule has 3 aromatic rings. The van der Waals surface area contributed by atoms with Gasteiger partial charge in [-0.1, -0.05) is 48.5 Å². The van der Waals surface area contributed by atoms with E-state index >= 15 is 0 Å². The Morgan fingerprint density at radius 1 is 0.971 bits per heavy atom.